The maximum Gasteiger partial charge on any atom is 0.352 e. The van der Waals surface area contributed by atoms with Crippen LogP contribution in [0.5, 0.6) is 11.5 Å². The number of thioether (sulfide) groups is 1. The highest BCUT2D eigenvalue weighted by Crippen LogP contribution is 2.45. The molecule has 7 rings (SSSR count). The Morgan fingerprint density at radius 3 is 2.46 bits per heavy atom. The fourth-order valence-electron chi connectivity index (χ4n) is 7.07. The van der Waals surface area contributed by atoms with E-state index in [9.17, 15) is 48.8 Å². The van der Waals surface area contributed by atoms with Gasteiger partial charge in [0.05, 0.1) is 26.2 Å². The highest BCUT2D eigenvalue weighted by molar-refractivity contribution is 8.00. The smallest absolute Gasteiger partial charge is 0.352 e. The molecule has 54 heavy (non-hydrogen) atoms. The third-order valence-corrected chi connectivity index (χ3v) is 12.3. The fourth-order valence-corrected chi connectivity index (χ4v) is 9.06. The minimum absolute atomic E-state index is 0.0151. The number of quaternary nitrogens is 1. The van der Waals surface area contributed by atoms with Crippen molar-refractivity contribution in [2.24, 2.45) is 5.16 Å². The molecule has 1 aromatic heterocycles. The maximum atomic E-state index is 14.1. The van der Waals surface area contributed by atoms with E-state index < -0.39 is 80.7 Å². The molecule has 3 amide bonds. The summed E-state index contributed by atoms with van der Waals surface area (Å²) in [4.78, 5) is 77.0. The second-order valence-electron chi connectivity index (χ2n) is 14.0. The first-order valence-electron chi connectivity index (χ1n) is 16.8. The Bertz CT molecular complexity index is 2000. The van der Waals surface area contributed by atoms with Crippen LogP contribution in [0.3, 0.4) is 0 Å². The maximum absolute atomic E-state index is 14.1. The van der Waals surface area contributed by atoms with Gasteiger partial charge in [0, 0.05) is 40.7 Å². The summed E-state index contributed by atoms with van der Waals surface area (Å²) in [5.41, 5.74) is 3.09. The molecule has 8 N–H and O–H groups in total. The van der Waals surface area contributed by atoms with E-state index in [0.717, 1.165) is 28.4 Å². The van der Waals surface area contributed by atoms with Gasteiger partial charge in [0.25, 0.3) is 17.7 Å². The number of anilines is 1. The van der Waals surface area contributed by atoms with Crippen molar-refractivity contribution in [3.05, 3.63) is 45.9 Å². The van der Waals surface area contributed by atoms with Crippen LogP contribution >= 0.6 is 23.1 Å². The Hall–Kier alpha value is -5.28. The SMILES string of the molecule is CC1SC2C(NC(=O)C(=NOC(C)(C)C(=O)O)c3csc(N)n3)C(=O)N2C(C(=O)O)=C1C[N+]12CCC(CC1)N(C(=O)C(=N)c1cc(O)c(O)c(F)c1)CC2. The number of thiazole rings is 1. The van der Waals surface area contributed by atoms with Crippen molar-refractivity contribution in [1.29, 1.82) is 5.41 Å². The van der Waals surface area contributed by atoms with Crippen LogP contribution in [0.25, 0.3) is 0 Å². The van der Waals surface area contributed by atoms with E-state index >= 15 is 0 Å². The van der Waals surface area contributed by atoms with Gasteiger partial charge >= 0.3 is 11.9 Å². The molecule has 0 spiro atoms. The van der Waals surface area contributed by atoms with Crippen LogP contribution in [0.1, 0.15) is 44.9 Å². The Morgan fingerprint density at radius 1 is 1.19 bits per heavy atom. The zero-order chi connectivity index (χ0) is 39.4. The van der Waals surface area contributed by atoms with Crippen LogP contribution in [-0.4, -0.2) is 142 Å². The van der Waals surface area contributed by atoms with Gasteiger partial charge in [0.1, 0.15) is 35.1 Å². The van der Waals surface area contributed by atoms with Crippen molar-refractivity contribution in [3.63, 3.8) is 0 Å². The first-order chi connectivity index (χ1) is 25.3. The molecule has 1 aromatic carbocycles. The lowest BCUT2D eigenvalue weighted by Gasteiger charge is -2.52. The number of amides is 3. The van der Waals surface area contributed by atoms with Gasteiger partial charge in [-0.1, -0.05) is 5.16 Å². The summed E-state index contributed by atoms with van der Waals surface area (Å²) in [6.45, 7) is 6.35. The summed E-state index contributed by atoms with van der Waals surface area (Å²) >= 11 is 2.29. The number of carboxylic acid groups (broad SMARTS) is 2. The lowest BCUT2D eigenvalue weighted by atomic mass is 9.97. The molecule has 0 saturated carbocycles. The number of piperidine rings is 1. The minimum atomic E-state index is -1.81. The summed E-state index contributed by atoms with van der Waals surface area (Å²) < 4.78 is 14.5. The molecule has 0 aliphatic carbocycles. The van der Waals surface area contributed by atoms with Crippen molar-refractivity contribution >= 4 is 69.3 Å². The van der Waals surface area contributed by atoms with E-state index in [4.69, 9.17) is 16.0 Å². The molecular formula is C33H38FN8O10S2+. The minimum Gasteiger partial charge on any atom is -0.504 e. The molecule has 3 unspecified atom stereocenters. The molecule has 3 atom stereocenters. The molecule has 21 heteroatoms. The number of phenols is 2. The van der Waals surface area contributed by atoms with E-state index in [2.05, 4.69) is 15.5 Å². The third kappa shape index (κ3) is 6.93. The Morgan fingerprint density at radius 2 is 1.87 bits per heavy atom. The van der Waals surface area contributed by atoms with Gasteiger partial charge in [0.2, 0.25) is 5.60 Å². The predicted octanol–water partition coefficient (Wildman–Crippen LogP) is 0.876. The molecular weight excluding hydrogens is 752 g/mol. The van der Waals surface area contributed by atoms with E-state index in [-0.39, 0.29) is 41.2 Å². The number of hydrogen-bond acceptors (Lipinski definition) is 14. The fraction of sp³-hybridized carbons (Fsp3) is 0.455. The molecule has 18 nitrogen and oxygen atoms in total. The van der Waals surface area contributed by atoms with Gasteiger partial charge in [-0.15, -0.1) is 23.1 Å². The summed E-state index contributed by atoms with van der Waals surface area (Å²) in [6, 6.07) is 0.379. The third-order valence-electron chi connectivity index (χ3n) is 10.2. The Kier molecular flexibility index (Phi) is 10.1. The number of rotatable bonds is 11. The number of aromatic nitrogens is 1. The normalized spacial score (nSPS) is 25.4. The van der Waals surface area contributed by atoms with E-state index in [1.165, 1.54) is 31.0 Å². The number of hydrogen-bond donors (Lipinski definition) is 7. The number of aromatic hydroxyl groups is 2. The van der Waals surface area contributed by atoms with Gasteiger partial charge in [-0.25, -0.2) is 19.0 Å². The quantitative estimate of drug-likeness (QED) is 0.0549. The lowest BCUT2D eigenvalue weighted by molar-refractivity contribution is -0.925. The van der Waals surface area contributed by atoms with E-state index in [1.54, 1.807) is 4.90 Å². The molecule has 0 radical (unpaired) electrons. The lowest BCUT2D eigenvalue weighted by Crippen LogP contribution is -2.72. The molecule has 6 heterocycles. The zero-order valence-electron chi connectivity index (χ0n) is 29.2. The Labute approximate surface area is 315 Å². The summed E-state index contributed by atoms with van der Waals surface area (Å²) in [5.74, 6) is -7.85. The standard InChI is InChI=1S/C33H37FN8O10S2/c1-14-17(12-42-7-4-16(5-8-42)40(6-9-42)27(46)21(35)15-10-18(34)25(44)20(43)11-15)24(30(48)49)41-28(47)23(29(41)54-14)38-26(45)22(19-13-53-32(36)37-19)39-52-33(2,3)31(50)51/h10-11,13-14,16,23,29H,4-9,12H2,1-3H3,(H7-,35,36,37,38,39,43,44,45,46,48,49,50,51)/p+1. The number of carbonyl (C=O) groups is 5. The summed E-state index contributed by atoms with van der Waals surface area (Å²) in [7, 11) is 0. The number of carbonyl (C=O) groups excluding carboxylic acids is 3. The second-order valence-corrected chi connectivity index (χ2v) is 16.4. The van der Waals surface area contributed by atoms with Crippen molar-refractivity contribution < 1.29 is 58.1 Å². The van der Waals surface area contributed by atoms with Crippen LogP contribution < -0.4 is 11.1 Å². The second kappa shape index (κ2) is 14.2. The predicted molar refractivity (Wildman–Crippen MR) is 191 cm³/mol. The molecule has 5 aliphatic heterocycles. The summed E-state index contributed by atoms with van der Waals surface area (Å²) in [5, 5.41) is 54.4. The number of fused-ring (bicyclic) bond motifs is 5. The van der Waals surface area contributed by atoms with Crippen LogP contribution in [0.2, 0.25) is 0 Å². The average molecular weight is 790 g/mol. The number of β-lactam (4-membered cyclic amide) rings is 1. The van der Waals surface area contributed by atoms with E-state index in [0.29, 0.717) is 42.5 Å². The topological polar surface area (TPSA) is 269 Å². The number of halogens is 1. The van der Waals surface area contributed by atoms with Crippen LogP contribution in [0.15, 0.2) is 33.9 Å². The molecule has 288 valence electrons. The highest BCUT2D eigenvalue weighted by atomic mass is 32.2. The van der Waals surface area contributed by atoms with Crippen LogP contribution in [0.4, 0.5) is 9.52 Å². The highest BCUT2D eigenvalue weighted by Gasteiger charge is 2.57. The van der Waals surface area contributed by atoms with Crippen molar-refractivity contribution in [3.8, 4) is 11.5 Å². The molecule has 4 fully saturated rings. The molecule has 5 aliphatic rings. The first-order valence-corrected chi connectivity index (χ1v) is 18.6. The number of nitrogens with zero attached hydrogens (tertiary/aromatic N) is 5. The van der Waals surface area contributed by atoms with Crippen molar-refractivity contribution in [2.45, 2.75) is 61.9 Å². The number of phenolic OH excluding ortho intramolecular Hbond substituents is 2. The molecule has 2 bridgehead atoms. The molecule has 4 saturated heterocycles. The van der Waals surface area contributed by atoms with Crippen molar-refractivity contribution in [2.75, 3.05) is 38.5 Å². The van der Waals surface area contributed by atoms with Crippen LogP contribution in [-0.2, 0) is 28.8 Å². The number of nitrogens with two attached hydrogens (primary N) is 1. The zero-order valence-corrected chi connectivity index (χ0v) is 30.9. The summed E-state index contributed by atoms with van der Waals surface area (Å²) in [6.07, 6.45) is 1.10. The van der Waals surface area contributed by atoms with Gasteiger partial charge in [0.15, 0.2) is 28.2 Å². The number of nitrogens with one attached hydrogen (secondary N) is 2. The van der Waals surface area contributed by atoms with E-state index in [1.807, 2.05) is 6.92 Å². The average Bonchev–Trinajstić information content (AvgIpc) is 3.36. The number of carboxylic acids is 2. The monoisotopic (exact) mass is 789 g/mol. The first kappa shape index (κ1) is 38.4. The number of aliphatic carboxylic acids is 2. The Balaban J connectivity index is 1.19. The van der Waals surface area contributed by atoms with Gasteiger partial charge < -0.3 is 45.7 Å². The number of oxime groups is 1. The van der Waals surface area contributed by atoms with Gasteiger partial charge in [-0.05, 0) is 32.9 Å². The van der Waals surface area contributed by atoms with Gasteiger partial charge in [-0.3, -0.25) is 24.7 Å². The largest absolute Gasteiger partial charge is 0.504 e. The number of benzene rings is 1. The van der Waals surface area contributed by atoms with Crippen LogP contribution in [0, 0.1) is 11.2 Å². The van der Waals surface area contributed by atoms with Crippen molar-refractivity contribution in [1.82, 2.24) is 20.1 Å². The number of nitrogen functional groups attached to an aromatic ring is 1. The molecule has 2 aromatic rings. The van der Waals surface area contributed by atoms with Gasteiger partial charge in [-0.2, -0.15) is 0 Å².